The van der Waals surface area contributed by atoms with Gasteiger partial charge in [-0.15, -0.1) is 11.3 Å². The first kappa shape index (κ1) is 16.8. The quantitative estimate of drug-likeness (QED) is 0.427. The van der Waals surface area contributed by atoms with Crippen LogP contribution >= 0.6 is 27.3 Å². The van der Waals surface area contributed by atoms with E-state index in [0.717, 1.165) is 38.2 Å². The molecule has 0 aliphatic rings. The number of fused-ring (bicyclic) bond motifs is 1. The molecular formula is C19H13BrN2O3S. The van der Waals surface area contributed by atoms with E-state index in [9.17, 15) is 9.90 Å². The van der Waals surface area contributed by atoms with Gasteiger partial charge < -0.3 is 14.8 Å². The molecule has 26 heavy (non-hydrogen) atoms. The van der Waals surface area contributed by atoms with Gasteiger partial charge in [0.25, 0.3) is 0 Å². The Balaban J connectivity index is 1.74. The van der Waals surface area contributed by atoms with E-state index in [4.69, 9.17) is 4.74 Å². The third kappa shape index (κ3) is 3.11. The number of benzene rings is 2. The molecular weight excluding hydrogens is 416 g/mol. The maximum absolute atomic E-state index is 11.2. The van der Waals surface area contributed by atoms with Gasteiger partial charge in [-0.05, 0) is 53.2 Å². The van der Waals surface area contributed by atoms with Gasteiger partial charge >= 0.3 is 5.97 Å². The molecule has 0 amide bonds. The molecule has 0 saturated carbocycles. The Labute approximate surface area is 161 Å². The number of ether oxygens (including phenoxy) is 1. The highest BCUT2D eigenvalue weighted by Gasteiger charge is 2.17. The molecule has 130 valence electrons. The number of nitrogens with one attached hydrogen (secondary N) is 1. The van der Waals surface area contributed by atoms with Crippen LogP contribution in [-0.4, -0.2) is 21.0 Å². The van der Waals surface area contributed by atoms with E-state index in [-0.39, 0.29) is 4.88 Å². The number of carboxylic acids is 1. The summed E-state index contributed by atoms with van der Waals surface area (Å²) in [5.74, 6) is 0.515. The van der Waals surface area contributed by atoms with Crippen LogP contribution in [0.5, 0.6) is 11.5 Å². The Morgan fingerprint density at radius 3 is 2.65 bits per heavy atom. The van der Waals surface area contributed by atoms with Crippen LogP contribution in [-0.2, 0) is 0 Å². The fraction of sp³-hybridized carbons (Fsp3) is 0.0526. The van der Waals surface area contributed by atoms with Crippen LogP contribution in [0.4, 0.5) is 0 Å². The van der Waals surface area contributed by atoms with Gasteiger partial charge in [-0.25, -0.2) is 9.78 Å². The second-order valence-electron chi connectivity index (χ2n) is 5.71. The zero-order valence-electron chi connectivity index (χ0n) is 13.6. The topological polar surface area (TPSA) is 75.2 Å². The van der Waals surface area contributed by atoms with Crippen molar-refractivity contribution in [2.24, 2.45) is 0 Å². The third-order valence-corrected chi connectivity index (χ3v) is 5.66. The van der Waals surface area contributed by atoms with Crippen molar-refractivity contribution in [1.82, 2.24) is 9.97 Å². The van der Waals surface area contributed by atoms with E-state index < -0.39 is 5.97 Å². The number of rotatable bonds is 4. The summed E-state index contributed by atoms with van der Waals surface area (Å²) in [7, 11) is 0. The highest BCUT2D eigenvalue weighted by Crippen LogP contribution is 2.36. The predicted molar refractivity (Wildman–Crippen MR) is 105 cm³/mol. The van der Waals surface area contributed by atoms with Gasteiger partial charge in [-0.2, -0.15) is 0 Å². The number of nitrogens with zero attached hydrogens (tertiary/aromatic N) is 1. The molecule has 0 saturated heterocycles. The number of halogens is 1. The van der Waals surface area contributed by atoms with Gasteiger partial charge in [0, 0.05) is 9.86 Å². The van der Waals surface area contributed by atoms with E-state index in [1.54, 1.807) is 6.92 Å². The molecule has 2 aromatic carbocycles. The van der Waals surface area contributed by atoms with Crippen molar-refractivity contribution in [2.75, 3.05) is 0 Å². The lowest BCUT2D eigenvalue weighted by Crippen LogP contribution is -1.94. The molecule has 0 aliphatic heterocycles. The second kappa shape index (κ2) is 6.59. The number of carboxylic acid groups (broad SMARTS) is 1. The van der Waals surface area contributed by atoms with Crippen LogP contribution in [0.1, 0.15) is 15.4 Å². The molecule has 0 bridgehead atoms. The molecule has 0 spiro atoms. The van der Waals surface area contributed by atoms with Crippen molar-refractivity contribution in [3.05, 3.63) is 63.6 Å². The number of aromatic amines is 1. The number of hydrogen-bond acceptors (Lipinski definition) is 4. The number of aromatic nitrogens is 2. The summed E-state index contributed by atoms with van der Waals surface area (Å²) in [6.45, 7) is 1.70. The predicted octanol–water partition coefficient (Wildman–Crippen LogP) is 5.85. The Bertz CT molecular complexity index is 1120. The second-order valence-corrected chi connectivity index (χ2v) is 7.56. The van der Waals surface area contributed by atoms with E-state index in [1.165, 1.54) is 0 Å². The lowest BCUT2D eigenvalue weighted by atomic mass is 10.2. The number of carbonyl (C=O) groups is 1. The minimum Gasteiger partial charge on any atom is -0.477 e. The summed E-state index contributed by atoms with van der Waals surface area (Å²) in [4.78, 5) is 19.2. The van der Waals surface area contributed by atoms with Gasteiger partial charge in [0.15, 0.2) is 0 Å². The molecule has 5 nitrogen and oxygen atoms in total. The summed E-state index contributed by atoms with van der Waals surface area (Å²) in [6.07, 6.45) is 0. The van der Waals surface area contributed by atoms with Crippen LogP contribution in [0.3, 0.4) is 0 Å². The zero-order valence-corrected chi connectivity index (χ0v) is 16.0. The summed E-state index contributed by atoms with van der Waals surface area (Å²) in [5.41, 5.74) is 2.20. The third-order valence-electron chi connectivity index (χ3n) is 3.85. The fourth-order valence-electron chi connectivity index (χ4n) is 2.68. The van der Waals surface area contributed by atoms with Crippen molar-refractivity contribution >= 4 is 44.1 Å². The number of H-pyrrole nitrogens is 1. The molecule has 0 atom stereocenters. The molecule has 0 fully saturated rings. The van der Waals surface area contributed by atoms with E-state index in [2.05, 4.69) is 25.9 Å². The van der Waals surface area contributed by atoms with Crippen LogP contribution in [0, 0.1) is 6.92 Å². The number of thiazole rings is 1. The molecule has 2 heterocycles. The monoisotopic (exact) mass is 428 g/mol. The molecule has 2 N–H and O–H groups in total. The fourth-order valence-corrected chi connectivity index (χ4v) is 4.11. The summed E-state index contributed by atoms with van der Waals surface area (Å²) in [5, 5.41) is 10.8. The summed E-state index contributed by atoms with van der Waals surface area (Å²) < 4.78 is 6.76. The number of para-hydroxylation sites is 1. The minimum absolute atomic E-state index is 0.255. The molecule has 4 aromatic rings. The molecule has 0 aliphatic carbocycles. The van der Waals surface area contributed by atoms with Crippen molar-refractivity contribution in [2.45, 2.75) is 6.92 Å². The van der Waals surface area contributed by atoms with E-state index in [1.807, 2.05) is 48.5 Å². The Morgan fingerprint density at radius 2 is 1.96 bits per heavy atom. The van der Waals surface area contributed by atoms with Crippen LogP contribution in [0.15, 0.2) is 53.0 Å². The highest BCUT2D eigenvalue weighted by molar-refractivity contribution is 9.10. The van der Waals surface area contributed by atoms with Gasteiger partial charge in [0.2, 0.25) is 0 Å². The number of aromatic carboxylic acids is 1. The van der Waals surface area contributed by atoms with Crippen LogP contribution in [0.25, 0.3) is 21.6 Å². The summed E-state index contributed by atoms with van der Waals surface area (Å²) >= 11 is 4.73. The summed E-state index contributed by atoms with van der Waals surface area (Å²) in [6, 6.07) is 15.3. The van der Waals surface area contributed by atoms with Gasteiger partial charge in [0.05, 0.1) is 16.9 Å². The van der Waals surface area contributed by atoms with Crippen molar-refractivity contribution in [3.8, 4) is 22.2 Å². The highest BCUT2D eigenvalue weighted by atomic mass is 79.9. The van der Waals surface area contributed by atoms with Crippen molar-refractivity contribution in [3.63, 3.8) is 0 Å². The van der Waals surface area contributed by atoms with Crippen molar-refractivity contribution in [1.29, 1.82) is 0 Å². The van der Waals surface area contributed by atoms with E-state index >= 15 is 0 Å². The van der Waals surface area contributed by atoms with E-state index in [0.29, 0.717) is 16.5 Å². The zero-order chi connectivity index (χ0) is 18.3. The van der Waals surface area contributed by atoms with Gasteiger partial charge in [0.1, 0.15) is 21.4 Å². The standard InChI is InChI=1S/C19H13BrN2O3S/c1-10-17(19(23)24)26-18(21-10)15-8-11-7-13(9-14(20)16(11)22-15)25-12-5-3-2-4-6-12/h2-9,22H,1H3,(H,23,24). The van der Waals surface area contributed by atoms with Crippen LogP contribution < -0.4 is 4.74 Å². The molecule has 7 heteroatoms. The first-order valence-electron chi connectivity index (χ1n) is 7.77. The average molecular weight is 429 g/mol. The number of hydrogen-bond donors (Lipinski definition) is 2. The Hall–Kier alpha value is -2.64. The van der Waals surface area contributed by atoms with Gasteiger partial charge in [-0.1, -0.05) is 18.2 Å². The Morgan fingerprint density at radius 1 is 1.19 bits per heavy atom. The molecule has 2 aromatic heterocycles. The van der Waals surface area contributed by atoms with Crippen molar-refractivity contribution < 1.29 is 14.6 Å². The number of aryl methyl sites for hydroxylation is 1. The first-order chi connectivity index (χ1) is 12.5. The SMILES string of the molecule is Cc1nc(-c2cc3cc(Oc4ccccc4)cc(Br)c3[nH]2)sc1C(=O)O. The Kier molecular flexibility index (Phi) is 4.26. The largest absolute Gasteiger partial charge is 0.477 e. The maximum Gasteiger partial charge on any atom is 0.347 e. The first-order valence-corrected chi connectivity index (χ1v) is 9.38. The molecule has 0 radical (unpaired) electrons. The molecule has 4 rings (SSSR count). The average Bonchev–Trinajstić information content (AvgIpc) is 3.19. The van der Waals surface area contributed by atoms with Gasteiger partial charge in [-0.3, -0.25) is 0 Å². The maximum atomic E-state index is 11.2. The normalized spacial score (nSPS) is 11.0. The lowest BCUT2D eigenvalue weighted by molar-refractivity contribution is 0.0701. The smallest absolute Gasteiger partial charge is 0.347 e. The van der Waals surface area contributed by atoms with Crippen LogP contribution in [0.2, 0.25) is 0 Å². The lowest BCUT2D eigenvalue weighted by Gasteiger charge is -2.06. The minimum atomic E-state index is -0.956. The molecule has 0 unspecified atom stereocenters.